The molecule has 0 aromatic heterocycles. The molecule has 18 heavy (non-hydrogen) atoms. The summed E-state index contributed by atoms with van der Waals surface area (Å²) < 4.78 is 16.3. The average Bonchev–Trinajstić information content (AvgIpc) is 2.42. The first kappa shape index (κ1) is 17.1. The Morgan fingerprint density at radius 3 is 1.22 bits per heavy atom. The van der Waals surface area contributed by atoms with Gasteiger partial charge in [-0.05, 0) is 26.5 Å². The minimum absolute atomic E-state index is 0.595. The van der Waals surface area contributed by atoms with E-state index in [1.54, 1.807) is 5.70 Å². The second-order valence-corrected chi connectivity index (χ2v) is 5.74. The van der Waals surface area contributed by atoms with Crippen molar-refractivity contribution in [2.45, 2.75) is 20.8 Å². The van der Waals surface area contributed by atoms with Crippen LogP contribution in [0.25, 0.3) is 0 Å². The predicted octanol–water partition coefficient (Wildman–Crippen LogP) is 3.45. The lowest BCUT2D eigenvalue weighted by Crippen LogP contribution is -2.44. The molecule has 0 heterocycles. The van der Waals surface area contributed by atoms with Gasteiger partial charge in [0.1, 0.15) is 0 Å². The van der Waals surface area contributed by atoms with Crippen LogP contribution in [0.15, 0.2) is 48.7 Å². The van der Waals surface area contributed by atoms with Crippen molar-refractivity contribution in [3.63, 3.8) is 0 Å². The molecular weight excluding hydrogens is 244 g/mol. The summed E-state index contributed by atoms with van der Waals surface area (Å²) in [5.41, 5.74) is 1.67. The van der Waals surface area contributed by atoms with Gasteiger partial charge in [0, 0.05) is 19.8 Å². The van der Waals surface area contributed by atoms with Gasteiger partial charge in [0.25, 0.3) is 0 Å². The predicted molar refractivity (Wildman–Crippen MR) is 77.3 cm³/mol. The van der Waals surface area contributed by atoms with Crippen LogP contribution in [-0.2, 0) is 13.3 Å². The fourth-order valence-electron chi connectivity index (χ4n) is 1.29. The maximum absolute atomic E-state index is 5.44. The summed E-state index contributed by atoms with van der Waals surface area (Å²) in [5.74, 6) is 0. The highest BCUT2D eigenvalue weighted by atomic mass is 28.4. The molecule has 0 saturated heterocycles. The maximum atomic E-state index is 5.44. The van der Waals surface area contributed by atoms with E-state index in [0.717, 1.165) is 0 Å². The van der Waals surface area contributed by atoms with Gasteiger partial charge in [-0.2, -0.15) is 0 Å². The summed E-state index contributed by atoms with van der Waals surface area (Å²) in [5, 5.41) is 0. The summed E-state index contributed by atoms with van der Waals surface area (Å²) in [4.78, 5) is 0. The average molecular weight is 268 g/mol. The quantitative estimate of drug-likeness (QED) is 0.709. The first-order valence-corrected chi connectivity index (χ1v) is 8.10. The van der Waals surface area contributed by atoms with E-state index in [1.807, 2.05) is 57.2 Å². The minimum atomic E-state index is -2.51. The minimum Gasteiger partial charge on any atom is -0.371 e. The van der Waals surface area contributed by atoms with Gasteiger partial charge in [0.15, 0.2) is 0 Å². The molecule has 1 rings (SSSR count). The van der Waals surface area contributed by atoms with Gasteiger partial charge >= 0.3 is 8.80 Å². The molecule has 102 valence electrons. The van der Waals surface area contributed by atoms with E-state index >= 15 is 0 Å². The zero-order valence-electron chi connectivity index (χ0n) is 11.6. The third-order valence-electron chi connectivity index (χ3n) is 1.95. The largest absolute Gasteiger partial charge is 0.528 e. The molecule has 0 amide bonds. The normalized spacial score (nSPS) is 10.4. The molecule has 0 fully saturated rings. The Morgan fingerprint density at radius 2 is 1.06 bits per heavy atom. The number of rotatable bonds is 7. The van der Waals surface area contributed by atoms with Crippen LogP contribution in [0.3, 0.4) is 0 Å². The molecule has 1 aromatic rings. The lowest BCUT2D eigenvalue weighted by molar-refractivity contribution is 0.0844. The van der Waals surface area contributed by atoms with Crippen LogP contribution in [0.4, 0.5) is 0 Å². The van der Waals surface area contributed by atoms with Gasteiger partial charge in [-0.25, -0.2) is 0 Å². The highest BCUT2D eigenvalue weighted by molar-refractivity contribution is 6.66. The Bertz CT molecular complexity index is 247. The maximum Gasteiger partial charge on any atom is 0.528 e. The Morgan fingerprint density at radius 1 is 0.778 bits per heavy atom. The van der Waals surface area contributed by atoms with Gasteiger partial charge in [0.2, 0.25) is 0 Å². The van der Waals surface area contributed by atoms with Crippen LogP contribution in [0.1, 0.15) is 20.8 Å². The zero-order valence-corrected chi connectivity index (χ0v) is 12.6. The summed E-state index contributed by atoms with van der Waals surface area (Å²) in [6, 6.07) is 12.0. The Kier molecular flexibility index (Phi) is 10.6. The third-order valence-corrected chi connectivity index (χ3v) is 4.53. The zero-order chi connectivity index (χ0) is 13.7. The highest BCUT2D eigenvalue weighted by Gasteiger charge is 2.36. The standard InChI is InChI=1S/C8H18O3Si.C6H6/c1-5-9-12(8-4,10-6-2)11-7-3;1-2-4-6-5-3-1/h8H,4-7H2,1-3H3;1-6H. The third kappa shape index (κ3) is 7.40. The molecule has 0 bridgehead atoms. The van der Waals surface area contributed by atoms with Crippen molar-refractivity contribution in [1.82, 2.24) is 0 Å². The van der Waals surface area contributed by atoms with Crippen LogP contribution in [0.5, 0.6) is 0 Å². The first-order chi connectivity index (χ1) is 8.74. The summed E-state index contributed by atoms with van der Waals surface area (Å²) in [7, 11) is -2.51. The van der Waals surface area contributed by atoms with E-state index in [2.05, 4.69) is 6.58 Å². The molecule has 4 heteroatoms. The molecular formula is C14H24O3Si. The topological polar surface area (TPSA) is 27.7 Å². The van der Waals surface area contributed by atoms with E-state index in [9.17, 15) is 0 Å². The summed E-state index contributed by atoms with van der Waals surface area (Å²) >= 11 is 0. The Hall–Kier alpha value is -0.943. The molecule has 0 aliphatic heterocycles. The van der Waals surface area contributed by atoms with Gasteiger partial charge in [-0.3, -0.25) is 0 Å². The lowest BCUT2D eigenvalue weighted by Gasteiger charge is -2.24. The van der Waals surface area contributed by atoms with Crippen LogP contribution in [-0.4, -0.2) is 28.6 Å². The van der Waals surface area contributed by atoms with Gasteiger partial charge < -0.3 is 13.3 Å². The molecule has 0 spiro atoms. The number of hydrogen-bond acceptors (Lipinski definition) is 3. The van der Waals surface area contributed by atoms with Crippen molar-refractivity contribution in [1.29, 1.82) is 0 Å². The van der Waals surface area contributed by atoms with Crippen molar-refractivity contribution >= 4 is 8.80 Å². The molecule has 0 saturated carbocycles. The molecule has 0 atom stereocenters. The van der Waals surface area contributed by atoms with Gasteiger partial charge in [-0.1, -0.05) is 43.0 Å². The van der Waals surface area contributed by atoms with Crippen molar-refractivity contribution in [3.8, 4) is 0 Å². The van der Waals surface area contributed by atoms with Gasteiger partial charge in [-0.15, -0.1) is 0 Å². The van der Waals surface area contributed by atoms with Crippen LogP contribution < -0.4 is 0 Å². The number of hydrogen-bond donors (Lipinski definition) is 0. The first-order valence-electron chi connectivity index (χ1n) is 6.30. The van der Waals surface area contributed by atoms with E-state index in [1.165, 1.54) is 0 Å². The monoisotopic (exact) mass is 268 g/mol. The van der Waals surface area contributed by atoms with Crippen molar-refractivity contribution < 1.29 is 13.3 Å². The molecule has 3 nitrogen and oxygen atoms in total. The second-order valence-electron chi connectivity index (χ2n) is 3.26. The van der Waals surface area contributed by atoms with E-state index in [4.69, 9.17) is 13.3 Å². The fraction of sp³-hybridized carbons (Fsp3) is 0.429. The second kappa shape index (κ2) is 11.2. The molecule has 0 unspecified atom stereocenters. The number of benzene rings is 1. The molecule has 0 radical (unpaired) electrons. The lowest BCUT2D eigenvalue weighted by atomic mass is 10.4. The van der Waals surface area contributed by atoms with Gasteiger partial charge in [0.05, 0.1) is 0 Å². The Labute approximate surface area is 112 Å². The van der Waals surface area contributed by atoms with Crippen LogP contribution in [0, 0.1) is 0 Å². The van der Waals surface area contributed by atoms with Crippen molar-refractivity contribution in [2.24, 2.45) is 0 Å². The highest BCUT2D eigenvalue weighted by Crippen LogP contribution is 2.10. The van der Waals surface area contributed by atoms with E-state index in [0.29, 0.717) is 19.8 Å². The smallest absolute Gasteiger partial charge is 0.371 e. The molecule has 0 aliphatic rings. The molecule has 1 aromatic carbocycles. The van der Waals surface area contributed by atoms with Crippen molar-refractivity contribution in [2.75, 3.05) is 19.8 Å². The molecule has 0 aliphatic carbocycles. The molecule has 0 N–H and O–H groups in total. The van der Waals surface area contributed by atoms with Crippen LogP contribution >= 0.6 is 0 Å². The SMILES string of the molecule is C=C[Si](OCC)(OCC)OCC.c1ccccc1. The van der Waals surface area contributed by atoms with E-state index < -0.39 is 8.80 Å². The van der Waals surface area contributed by atoms with E-state index in [-0.39, 0.29) is 0 Å². The Balaban J connectivity index is 0.000000397. The van der Waals surface area contributed by atoms with Crippen LogP contribution in [0.2, 0.25) is 0 Å². The summed E-state index contributed by atoms with van der Waals surface area (Å²) in [6.07, 6.45) is 0. The van der Waals surface area contributed by atoms with Crippen molar-refractivity contribution in [3.05, 3.63) is 48.7 Å². The summed E-state index contributed by atoms with van der Waals surface area (Å²) in [6.45, 7) is 11.2. The fourth-order valence-corrected chi connectivity index (χ4v) is 3.10.